The van der Waals surface area contributed by atoms with E-state index in [0.29, 0.717) is 0 Å². The van der Waals surface area contributed by atoms with Crippen LogP contribution >= 0.6 is 0 Å². The summed E-state index contributed by atoms with van der Waals surface area (Å²) < 4.78 is 2.16. The minimum atomic E-state index is 0.0814. The average Bonchev–Trinajstić information content (AvgIpc) is 2.94. The number of rotatable bonds is 3. The minimum absolute atomic E-state index is 0.0814. The fourth-order valence-electron chi connectivity index (χ4n) is 3.45. The molecule has 1 aromatic rings. The summed E-state index contributed by atoms with van der Waals surface area (Å²) >= 11 is 0. The summed E-state index contributed by atoms with van der Waals surface area (Å²) in [5.74, 6) is 1.36. The number of likely N-dealkylation sites (tertiary alicyclic amines) is 1. The molecule has 20 heavy (non-hydrogen) atoms. The highest BCUT2D eigenvalue weighted by Crippen LogP contribution is 2.18. The monoisotopic (exact) mass is 276 g/mol. The molecule has 3 heterocycles. The van der Waals surface area contributed by atoms with Gasteiger partial charge in [-0.1, -0.05) is 13.3 Å². The Morgan fingerprint density at radius 2 is 2.35 bits per heavy atom. The van der Waals surface area contributed by atoms with E-state index in [1.54, 1.807) is 0 Å². The molecule has 0 aromatic carbocycles. The molecule has 0 bridgehead atoms. The summed E-state index contributed by atoms with van der Waals surface area (Å²) in [5.41, 5.74) is 0. The lowest BCUT2D eigenvalue weighted by Crippen LogP contribution is -2.52. The van der Waals surface area contributed by atoms with Crippen LogP contribution in [0.15, 0.2) is 12.4 Å². The van der Waals surface area contributed by atoms with Crippen molar-refractivity contribution in [2.24, 2.45) is 0 Å². The summed E-state index contributed by atoms with van der Waals surface area (Å²) in [6.45, 7) is 5.03. The third kappa shape index (κ3) is 2.73. The predicted octanol–water partition coefficient (Wildman–Crippen LogP) is 1.19. The number of nitrogens with zero attached hydrogens (tertiary/aromatic N) is 3. The molecule has 110 valence electrons. The molecule has 0 spiro atoms. The predicted molar refractivity (Wildman–Crippen MR) is 77.4 cm³/mol. The highest BCUT2D eigenvalue weighted by atomic mass is 16.2. The van der Waals surface area contributed by atoms with Crippen molar-refractivity contribution < 1.29 is 4.79 Å². The lowest BCUT2D eigenvalue weighted by Gasteiger charge is -2.35. The van der Waals surface area contributed by atoms with Crippen LogP contribution in [0.2, 0.25) is 0 Å². The molecular weight excluding hydrogens is 252 g/mol. The van der Waals surface area contributed by atoms with Crippen molar-refractivity contribution in [3.8, 4) is 0 Å². The van der Waals surface area contributed by atoms with Gasteiger partial charge in [-0.25, -0.2) is 4.98 Å². The molecular formula is C15H24N4O. The molecule has 1 fully saturated rings. The van der Waals surface area contributed by atoms with Crippen LogP contribution in [0.4, 0.5) is 0 Å². The number of likely N-dealkylation sites (N-methyl/N-ethyl adjacent to an activating group) is 1. The van der Waals surface area contributed by atoms with Crippen LogP contribution in [0.3, 0.4) is 0 Å². The number of hydrogen-bond acceptors (Lipinski definition) is 3. The van der Waals surface area contributed by atoms with Gasteiger partial charge in [-0.15, -0.1) is 0 Å². The zero-order valence-electron chi connectivity index (χ0n) is 12.2. The molecule has 1 saturated heterocycles. The highest BCUT2D eigenvalue weighted by molar-refractivity contribution is 5.82. The minimum Gasteiger partial charge on any atom is -0.350 e. The van der Waals surface area contributed by atoms with Crippen LogP contribution in [0.1, 0.15) is 38.4 Å². The number of amides is 1. The van der Waals surface area contributed by atoms with Crippen molar-refractivity contribution in [3.05, 3.63) is 18.2 Å². The van der Waals surface area contributed by atoms with Gasteiger partial charge in [0, 0.05) is 31.4 Å². The third-order valence-corrected chi connectivity index (χ3v) is 4.60. The van der Waals surface area contributed by atoms with Gasteiger partial charge in [-0.3, -0.25) is 9.69 Å². The van der Waals surface area contributed by atoms with Gasteiger partial charge in [0.15, 0.2) is 0 Å². The Bertz CT molecular complexity index is 470. The molecule has 2 aliphatic heterocycles. The molecule has 2 atom stereocenters. The standard InChI is InChI=1S/C15H24N4O/c1-2-18-9-4-3-5-13(18)15(20)17-12-6-7-14-16-8-10-19(14)11-12/h8,10,12-13H,2-7,9,11H2,1H3,(H,17,20). The first-order valence-electron chi connectivity index (χ1n) is 7.82. The third-order valence-electron chi connectivity index (χ3n) is 4.60. The fraction of sp³-hybridized carbons (Fsp3) is 0.733. The molecule has 0 radical (unpaired) electrons. The highest BCUT2D eigenvalue weighted by Gasteiger charge is 2.29. The average molecular weight is 276 g/mol. The Balaban J connectivity index is 1.59. The fourth-order valence-corrected chi connectivity index (χ4v) is 3.45. The quantitative estimate of drug-likeness (QED) is 0.902. The summed E-state index contributed by atoms with van der Waals surface area (Å²) in [6.07, 6.45) is 9.21. The number of aromatic nitrogens is 2. The Morgan fingerprint density at radius 1 is 1.45 bits per heavy atom. The SMILES string of the molecule is CCN1CCCCC1C(=O)NC1CCc2nccn2C1. The zero-order chi connectivity index (χ0) is 13.9. The molecule has 1 N–H and O–H groups in total. The number of hydrogen-bond donors (Lipinski definition) is 1. The van der Waals surface area contributed by atoms with Crippen molar-refractivity contribution in [3.63, 3.8) is 0 Å². The number of fused-ring (bicyclic) bond motifs is 1. The zero-order valence-corrected chi connectivity index (χ0v) is 12.2. The molecule has 2 unspecified atom stereocenters. The number of carbonyl (C=O) groups is 1. The molecule has 0 saturated carbocycles. The van der Waals surface area contributed by atoms with Crippen LogP contribution in [-0.4, -0.2) is 45.5 Å². The number of carbonyl (C=O) groups excluding carboxylic acids is 1. The maximum atomic E-state index is 12.5. The maximum absolute atomic E-state index is 12.5. The van der Waals surface area contributed by atoms with Crippen LogP contribution in [0.5, 0.6) is 0 Å². The molecule has 1 aromatic heterocycles. The first kappa shape index (κ1) is 13.6. The smallest absolute Gasteiger partial charge is 0.237 e. The topological polar surface area (TPSA) is 50.2 Å². The van der Waals surface area contributed by atoms with Gasteiger partial charge in [0.25, 0.3) is 0 Å². The van der Waals surface area contributed by atoms with E-state index in [-0.39, 0.29) is 18.0 Å². The number of imidazole rings is 1. The molecule has 2 aliphatic rings. The second-order valence-electron chi connectivity index (χ2n) is 5.88. The molecule has 0 aliphatic carbocycles. The molecule has 5 nitrogen and oxygen atoms in total. The molecule has 1 amide bonds. The van der Waals surface area contributed by atoms with Crippen LogP contribution in [0.25, 0.3) is 0 Å². The number of piperidine rings is 1. The summed E-state index contributed by atoms with van der Waals surface area (Å²) in [5, 5.41) is 3.25. The number of nitrogens with one attached hydrogen (secondary N) is 1. The van der Waals surface area contributed by atoms with E-state index < -0.39 is 0 Å². The van der Waals surface area contributed by atoms with E-state index in [0.717, 1.165) is 44.7 Å². The van der Waals surface area contributed by atoms with Gasteiger partial charge >= 0.3 is 0 Å². The van der Waals surface area contributed by atoms with E-state index in [4.69, 9.17) is 0 Å². The van der Waals surface area contributed by atoms with Gasteiger partial charge in [-0.05, 0) is 32.4 Å². The summed E-state index contributed by atoms with van der Waals surface area (Å²) in [7, 11) is 0. The van der Waals surface area contributed by atoms with Gasteiger partial charge in [0.2, 0.25) is 5.91 Å². The van der Waals surface area contributed by atoms with Gasteiger partial charge in [0.05, 0.1) is 6.04 Å². The van der Waals surface area contributed by atoms with Crippen molar-refractivity contribution in [1.29, 1.82) is 0 Å². The summed E-state index contributed by atoms with van der Waals surface area (Å²) in [6, 6.07) is 0.336. The van der Waals surface area contributed by atoms with E-state index in [2.05, 4.69) is 26.7 Å². The first-order valence-corrected chi connectivity index (χ1v) is 7.82. The second kappa shape index (κ2) is 5.95. The largest absolute Gasteiger partial charge is 0.350 e. The van der Waals surface area contributed by atoms with Gasteiger partial charge < -0.3 is 9.88 Å². The Hall–Kier alpha value is -1.36. The molecule has 5 heteroatoms. The van der Waals surface area contributed by atoms with E-state index in [1.807, 2.05) is 12.4 Å². The second-order valence-corrected chi connectivity index (χ2v) is 5.88. The lowest BCUT2D eigenvalue weighted by atomic mass is 10.00. The van der Waals surface area contributed by atoms with Crippen molar-refractivity contribution in [1.82, 2.24) is 19.8 Å². The maximum Gasteiger partial charge on any atom is 0.237 e. The van der Waals surface area contributed by atoms with Crippen molar-refractivity contribution in [2.75, 3.05) is 13.1 Å². The number of aryl methyl sites for hydroxylation is 1. The van der Waals surface area contributed by atoms with Crippen molar-refractivity contribution >= 4 is 5.91 Å². The molecule has 3 rings (SSSR count). The Morgan fingerprint density at radius 3 is 3.20 bits per heavy atom. The lowest BCUT2D eigenvalue weighted by molar-refractivity contribution is -0.128. The van der Waals surface area contributed by atoms with E-state index in [1.165, 1.54) is 12.8 Å². The normalized spacial score (nSPS) is 27.1. The Kier molecular flexibility index (Phi) is 4.05. The van der Waals surface area contributed by atoms with Crippen LogP contribution < -0.4 is 5.32 Å². The summed E-state index contributed by atoms with van der Waals surface area (Å²) in [4.78, 5) is 19.1. The van der Waals surface area contributed by atoms with E-state index >= 15 is 0 Å². The van der Waals surface area contributed by atoms with E-state index in [9.17, 15) is 4.79 Å². The van der Waals surface area contributed by atoms with Crippen molar-refractivity contribution in [2.45, 2.75) is 57.7 Å². The van der Waals surface area contributed by atoms with Crippen LogP contribution in [-0.2, 0) is 17.8 Å². The van der Waals surface area contributed by atoms with Crippen LogP contribution in [0, 0.1) is 0 Å². The Labute approximate surface area is 120 Å². The first-order chi connectivity index (χ1) is 9.78. The van der Waals surface area contributed by atoms with Gasteiger partial charge in [-0.2, -0.15) is 0 Å². The van der Waals surface area contributed by atoms with Gasteiger partial charge in [0.1, 0.15) is 5.82 Å².